The minimum Gasteiger partial charge on any atom is -0.497 e. The van der Waals surface area contributed by atoms with Crippen molar-refractivity contribution >= 4 is 5.65 Å². The Hall–Kier alpha value is -4.27. The summed E-state index contributed by atoms with van der Waals surface area (Å²) >= 11 is 0. The molecule has 0 unspecified atom stereocenters. The second-order valence-corrected chi connectivity index (χ2v) is 8.73. The molecule has 6 rings (SSSR count). The van der Waals surface area contributed by atoms with Gasteiger partial charge in [-0.3, -0.25) is 0 Å². The van der Waals surface area contributed by atoms with E-state index < -0.39 is 0 Å². The third-order valence-electron chi connectivity index (χ3n) is 6.58. The van der Waals surface area contributed by atoms with E-state index in [2.05, 4.69) is 32.8 Å². The minimum atomic E-state index is 0.412. The van der Waals surface area contributed by atoms with Crippen LogP contribution in [0.15, 0.2) is 60.9 Å². The van der Waals surface area contributed by atoms with Crippen molar-refractivity contribution < 1.29 is 9.47 Å². The van der Waals surface area contributed by atoms with Crippen molar-refractivity contribution in [2.75, 3.05) is 7.11 Å². The maximum Gasteiger partial charge on any atom is 0.210 e. The lowest BCUT2D eigenvalue weighted by atomic mass is 9.84. The number of rotatable bonds is 6. The molecule has 0 aliphatic heterocycles. The average molecular weight is 468 g/mol. The highest BCUT2D eigenvalue weighted by atomic mass is 16.5. The Morgan fingerprint density at radius 3 is 2.51 bits per heavy atom. The first-order valence-corrected chi connectivity index (χ1v) is 11.8. The smallest absolute Gasteiger partial charge is 0.210 e. The molecule has 5 aromatic rings. The van der Waals surface area contributed by atoms with E-state index in [-0.39, 0.29) is 0 Å². The molecule has 0 spiro atoms. The van der Waals surface area contributed by atoms with Crippen LogP contribution in [-0.4, -0.2) is 42.3 Å². The molecule has 0 bridgehead atoms. The predicted molar refractivity (Wildman–Crippen MR) is 130 cm³/mol. The predicted octanol–water partition coefficient (Wildman–Crippen LogP) is 5.43. The van der Waals surface area contributed by atoms with Crippen molar-refractivity contribution in [2.24, 2.45) is 0 Å². The molecule has 35 heavy (non-hydrogen) atoms. The molecule has 1 fully saturated rings. The monoisotopic (exact) mass is 467 g/mol. The number of aromatic amines is 1. The SMILES string of the molecule is COc1cccc(Oc2ccc(-c3cnc4c(-c5nn[nH]n5)cnn4c3C3CCCCC3)cc2)c1. The van der Waals surface area contributed by atoms with Crippen molar-refractivity contribution in [3.63, 3.8) is 0 Å². The van der Waals surface area contributed by atoms with Gasteiger partial charge in [-0.05, 0) is 47.9 Å². The fourth-order valence-corrected chi connectivity index (χ4v) is 4.88. The van der Waals surface area contributed by atoms with Gasteiger partial charge in [0.05, 0.1) is 24.6 Å². The quantitative estimate of drug-likeness (QED) is 0.355. The normalized spacial score (nSPS) is 14.3. The summed E-state index contributed by atoms with van der Waals surface area (Å²) in [6.45, 7) is 0. The zero-order chi connectivity index (χ0) is 23.6. The number of H-pyrrole nitrogens is 1. The zero-order valence-corrected chi connectivity index (χ0v) is 19.4. The van der Waals surface area contributed by atoms with Crippen molar-refractivity contribution in [3.8, 4) is 39.8 Å². The summed E-state index contributed by atoms with van der Waals surface area (Å²) in [6, 6.07) is 15.7. The maximum absolute atomic E-state index is 6.04. The maximum atomic E-state index is 6.04. The summed E-state index contributed by atoms with van der Waals surface area (Å²) in [4.78, 5) is 4.77. The van der Waals surface area contributed by atoms with Crippen LogP contribution in [0.2, 0.25) is 0 Å². The standard InChI is InChI=1S/C26H25N7O2/c1-34-20-8-5-9-21(14-20)35-19-12-10-17(11-13-19)22-15-27-26-23(25-29-31-32-30-25)16-28-33(26)24(22)18-6-3-2-4-7-18/h5,8-16,18H,2-4,6-7H2,1H3,(H,29,30,31,32). The van der Waals surface area contributed by atoms with E-state index in [0.717, 1.165) is 52.4 Å². The van der Waals surface area contributed by atoms with Crippen LogP contribution in [0, 0.1) is 0 Å². The Kier molecular flexibility index (Phi) is 5.57. The van der Waals surface area contributed by atoms with Gasteiger partial charge in [0.1, 0.15) is 17.2 Å². The third kappa shape index (κ3) is 4.09. The first kappa shape index (κ1) is 21.3. The minimum absolute atomic E-state index is 0.412. The highest BCUT2D eigenvalue weighted by molar-refractivity contribution is 5.75. The molecule has 0 radical (unpaired) electrons. The highest BCUT2D eigenvalue weighted by Gasteiger charge is 2.25. The molecule has 0 saturated heterocycles. The number of methoxy groups -OCH3 is 1. The molecule has 3 aromatic heterocycles. The van der Waals surface area contributed by atoms with Gasteiger partial charge in [0.2, 0.25) is 5.82 Å². The Labute approximate surface area is 202 Å². The van der Waals surface area contributed by atoms with Crippen molar-refractivity contribution in [3.05, 3.63) is 66.6 Å². The first-order valence-electron chi connectivity index (χ1n) is 11.8. The fourth-order valence-electron chi connectivity index (χ4n) is 4.88. The van der Waals surface area contributed by atoms with Gasteiger partial charge in [0.15, 0.2) is 5.65 Å². The van der Waals surface area contributed by atoms with Crippen LogP contribution >= 0.6 is 0 Å². The van der Waals surface area contributed by atoms with Gasteiger partial charge in [-0.25, -0.2) is 9.50 Å². The number of aromatic nitrogens is 7. The largest absolute Gasteiger partial charge is 0.497 e. The fraction of sp³-hybridized carbons (Fsp3) is 0.269. The van der Waals surface area contributed by atoms with Crippen LogP contribution in [0.5, 0.6) is 17.2 Å². The number of ether oxygens (including phenoxy) is 2. The molecule has 1 N–H and O–H groups in total. The lowest BCUT2D eigenvalue weighted by molar-refractivity contribution is 0.409. The van der Waals surface area contributed by atoms with Gasteiger partial charge >= 0.3 is 0 Å². The van der Waals surface area contributed by atoms with E-state index in [9.17, 15) is 0 Å². The molecule has 1 aliphatic rings. The summed E-state index contributed by atoms with van der Waals surface area (Å²) in [5.41, 5.74) is 4.86. The van der Waals surface area contributed by atoms with Gasteiger partial charge in [-0.15, -0.1) is 10.2 Å². The summed E-state index contributed by atoms with van der Waals surface area (Å²) < 4.78 is 13.3. The molecule has 1 aliphatic carbocycles. The van der Waals surface area contributed by atoms with Crippen LogP contribution in [0.25, 0.3) is 28.2 Å². The van der Waals surface area contributed by atoms with E-state index in [1.54, 1.807) is 13.3 Å². The van der Waals surface area contributed by atoms with Crippen molar-refractivity contribution in [2.45, 2.75) is 38.0 Å². The van der Waals surface area contributed by atoms with E-state index in [0.29, 0.717) is 11.7 Å². The van der Waals surface area contributed by atoms with Crippen molar-refractivity contribution in [1.82, 2.24) is 35.2 Å². The van der Waals surface area contributed by atoms with E-state index in [4.69, 9.17) is 19.6 Å². The number of fused-ring (bicyclic) bond motifs is 1. The van der Waals surface area contributed by atoms with E-state index >= 15 is 0 Å². The second-order valence-electron chi connectivity index (χ2n) is 8.73. The van der Waals surface area contributed by atoms with Crippen LogP contribution in [0.4, 0.5) is 0 Å². The molecular formula is C26H25N7O2. The summed E-state index contributed by atoms with van der Waals surface area (Å²) in [7, 11) is 1.65. The number of nitrogens with one attached hydrogen (secondary N) is 1. The van der Waals surface area contributed by atoms with Gasteiger partial charge in [0, 0.05) is 23.7 Å². The molecule has 176 valence electrons. The van der Waals surface area contributed by atoms with Gasteiger partial charge in [0.25, 0.3) is 0 Å². The Balaban J connectivity index is 1.39. The molecule has 2 aromatic carbocycles. The summed E-state index contributed by atoms with van der Waals surface area (Å²) in [5, 5.41) is 19.2. The lowest BCUT2D eigenvalue weighted by Gasteiger charge is -2.25. The Morgan fingerprint density at radius 2 is 1.74 bits per heavy atom. The molecule has 9 nitrogen and oxygen atoms in total. The molecule has 0 amide bonds. The highest BCUT2D eigenvalue weighted by Crippen LogP contribution is 2.39. The van der Waals surface area contributed by atoms with Crippen molar-refractivity contribution in [1.29, 1.82) is 0 Å². The van der Waals surface area contributed by atoms with Gasteiger partial charge < -0.3 is 9.47 Å². The lowest BCUT2D eigenvalue weighted by Crippen LogP contribution is -2.12. The van der Waals surface area contributed by atoms with Crippen LogP contribution in [0.3, 0.4) is 0 Å². The Bertz CT molecular complexity index is 1440. The Morgan fingerprint density at radius 1 is 0.914 bits per heavy atom. The second kappa shape index (κ2) is 9.17. The van der Waals surface area contributed by atoms with Crippen LogP contribution < -0.4 is 9.47 Å². The van der Waals surface area contributed by atoms with E-state index in [1.165, 1.54) is 25.0 Å². The molecule has 9 heteroatoms. The van der Waals surface area contributed by atoms with Crippen LogP contribution in [-0.2, 0) is 0 Å². The van der Waals surface area contributed by atoms with Crippen LogP contribution in [0.1, 0.15) is 43.7 Å². The number of hydrogen-bond acceptors (Lipinski definition) is 7. The average Bonchev–Trinajstić information content (AvgIpc) is 3.59. The molecule has 3 heterocycles. The number of benzene rings is 2. The summed E-state index contributed by atoms with van der Waals surface area (Å²) in [5.74, 6) is 3.15. The molecule has 0 atom stereocenters. The molecule has 1 saturated carbocycles. The number of hydrogen-bond donors (Lipinski definition) is 1. The first-order chi connectivity index (χ1) is 17.3. The third-order valence-corrected chi connectivity index (χ3v) is 6.58. The van der Waals surface area contributed by atoms with Gasteiger partial charge in [-0.1, -0.05) is 37.5 Å². The zero-order valence-electron chi connectivity index (χ0n) is 19.4. The summed E-state index contributed by atoms with van der Waals surface area (Å²) in [6.07, 6.45) is 9.72. The number of nitrogens with zero attached hydrogens (tertiary/aromatic N) is 6. The topological polar surface area (TPSA) is 103 Å². The number of tetrazole rings is 1. The van der Waals surface area contributed by atoms with Gasteiger partial charge in [-0.2, -0.15) is 10.3 Å². The van der Waals surface area contributed by atoms with E-state index in [1.807, 2.05) is 47.1 Å². The molecular weight excluding hydrogens is 442 g/mol.